The fourth-order valence-electron chi connectivity index (χ4n) is 3.66. The van der Waals surface area contributed by atoms with Crippen molar-refractivity contribution in [3.05, 3.63) is 53.6 Å². The highest BCUT2D eigenvalue weighted by Crippen LogP contribution is 2.30. The van der Waals surface area contributed by atoms with Gasteiger partial charge in [0.05, 0.1) is 11.0 Å². The Hall–Kier alpha value is -3.15. The number of nitrogens with zero attached hydrogens (tertiary/aromatic N) is 3. The van der Waals surface area contributed by atoms with Crippen molar-refractivity contribution < 1.29 is 9.59 Å². The van der Waals surface area contributed by atoms with Crippen molar-refractivity contribution in [3.8, 4) is 0 Å². The van der Waals surface area contributed by atoms with Crippen molar-refractivity contribution in [2.45, 2.75) is 33.2 Å². The number of nitrogens with one attached hydrogen (secondary N) is 1. The maximum atomic E-state index is 12.8. The zero-order valence-corrected chi connectivity index (χ0v) is 15.5. The van der Waals surface area contributed by atoms with Crippen LogP contribution in [0.1, 0.15) is 36.2 Å². The highest BCUT2D eigenvalue weighted by Gasteiger charge is 2.24. The molecule has 1 aliphatic rings. The lowest BCUT2D eigenvalue weighted by molar-refractivity contribution is -0.118. The second-order valence-electron chi connectivity index (χ2n) is 6.61. The summed E-state index contributed by atoms with van der Waals surface area (Å²) in [5.41, 5.74) is 4.39. The Morgan fingerprint density at radius 2 is 1.96 bits per heavy atom. The summed E-state index contributed by atoms with van der Waals surface area (Å²) in [6, 6.07) is 13.4. The van der Waals surface area contributed by atoms with E-state index in [-0.39, 0.29) is 11.8 Å². The molecule has 0 unspecified atom stereocenters. The summed E-state index contributed by atoms with van der Waals surface area (Å²) < 4.78 is 1.99. The van der Waals surface area contributed by atoms with Crippen LogP contribution < -0.4 is 10.2 Å². The van der Waals surface area contributed by atoms with Gasteiger partial charge in [-0.3, -0.25) is 14.9 Å². The topological polar surface area (TPSA) is 67.2 Å². The van der Waals surface area contributed by atoms with Crippen molar-refractivity contribution in [3.63, 3.8) is 0 Å². The lowest BCUT2D eigenvalue weighted by Gasteiger charge is -2.16. The summed E-state index contributed by atoms with van der Waals surface area (Å²) in [5.74, 6) is 0.470. The summed E-state index contributed by atoms with van der Waals surface area (Å²) in [7, 11) is 0. The molecule has 2 heterocycles. The molecule has 0 radical (unpaired) electrons. The number of anilines is 2. The van der Waals surface area contributed by atoms with E-state index in [1.165, 1.54) is 0 Å². The molecule has 6 heteroatoms. The number of amides is 2. The predicted molar refractivity (Wildman–Crippen MR) is 106 cm³/mol. The monoisotopic (exact) mass is 362 g/mol. The fraction of sp³-hybridized carbons (Fsp3) is 0.286. The molecule has 27 heavy (non-hydrogen) atoms. The molecule has 2 aromatic carbocycles. The number of imidazole rings is 1. The van der Waals surface area contributed by atoms with Gasteiger partial charge < -0.3 is 9.47 Å². The Bertz CT molecular complexity index is 1040. The maximum absolute atomic E-state index is 12.8. The van der Waals surface area contributed by atoms with Gasteiger partial charge in [-0.1, -0.05) is 19.1 Å². The lowest BCUT2D eigenvalue weighted by Crippen LogP contribution is -2.27. The van der Waals surface area contributed by atoms with Crippen molar-refractivity contribution >= 4 is 34.5 Å². The molecule has 138 valence electrons. The molecule has 1 aromatic heterocycles. The van der Waals surface area contributed by atoms with Crippen LogP contribution in [0.25, 0.3) is 11.0 Å². The molecule has 0 saturated carbocycles. The van der Waals surface area contributed by atoms with Crippen LogP contribution in [-0.4, -0.2) is 27.9 Å². The molecule has 6 nitrogen and oxygen atoms in total. The minimum Gasteiger partial charge on any atom is -0.312 e. The first-order valence-corrected chi connectivity index (χ1v) is 9.32. The molecular weight excluding hydrogens is 340 g/mol. The van der Waals surface area contributed by atoms with E-state index in [1.54, 1.807) is 11.0 Å². The second kappa shape index (κ2) is 6.87. The van der Waals surface area contributed by atoms with Gasteiger partial charge in [-0.15, -0.1) is 0 Å². The van der Waals surface area contributed by atoms with E-state index in [0.717, 1.165) is 28.7 Å². The van der Waals surface area contributed by atoms with E-state index in [0.29, 0.717) is 31.0 Å². The number of carbonyl (C=O) groups is 2. The van der Waals surface area contributed by atoms with Crippen LogP contribution in [0.5, 0.6) is 0 Å². The summed E-state index contributed by atoms with van der Waals surface area (Å²) in [5, 5.41) is 2.94. The standard InChI is InChI=1S/C21H22N4O2/c1-3-19(26)25-12-11-14-13-15(9-10-17(14)25)20(27)23-21-22-16-7-5-6-8-18(16)24(21)4-2/h5-10,13H,3-4,11-12H2,1-2H3,(H,22,23,27). The Morgan fingerprint density at radius 3 is 2.74 bits per heavy atom. The smallest absolute Gasteiger partial charge is 0.257 e. The number of fused-ring (bicyclic) bond motifs is 2. The summed E-state index contributed by atoms with van der Waals surface area (Å²) in [4.78, 5) is 31.2. The fourth-order valence-corrected chi connectivity index (χ4v) is 3.66. The molecule has 3 aromatic rings. The number of benzene rings is 2. The van der Waals surface area contributed by atoms with Crippen molar-refractivity contribution in [2.24, 2.45) is 0 Å². The van der Waals surface area contributed by atoms with Gasteiger partial charge >= 0.3 is 0 Å². The largest absolute Gasteiger partial charge is 0.312 e. The first-order valence-electron chi connectivity index (χ1n) is 9.32. The Morgan fingerprint density at radius 1 is 1.15 bits per heavy atom. The molecule has 1 aliphatic heterocycles. The van der Waals surface area contributed by atoms with Gasteiger partial charge in [0.15, 0.2) is 0 Å². The number of hydrogen-bond donors (Lipinski definition) is 1. The van der Waals surface area contributed by atoms with Crippen LogP contribution in [0.2, 0.25) is 0 Å². The molecule has 0 fully saturated rings. The Labute approximate surface area is 157 Å². The normalized spacial score (nSPS) is 13.0. The van der Waals surface area contributed by atoms with E-state index in [1.807, 2.05) is 54.8 Å². The minimum atomic E-state index is -0.192. The van der Waals surface area contributed by atoms with Crippen molar-refractivity contribution in [1.82, 2.24) is 9.55 Å². The van der Waals surface area contributed by atoms with Crippen LogP contribution in [0.4, 0.5) is 11.6 Å². The zero-order valence-electron chi connectivity index (χ0n) is 15.5. The van der Waals surface area contributed by atoms with Crippen molar-refractivity contribution in [1.29, 1.82) is 0 Å². The Kier molecular flexibility index (Phi) is 4.39. The number of aryl methyl sites for hydroxylation is 1. The number of para-hydroxylation sites is 2. The van der Waals surface area contributed by atoms with Crippen LogP contribution in [0.15, 0.2) is 42.5 Å². The lowest BCUT2D eigenvalue weighted by atomic mass is 10.1. The van der Waals surface area contributed by atoms with Gasteiger partial charge in [0.2, 0.25) is 11.9 Å². The highest BCUT2D eigenvalue weighted by molar-refractivity contribution is 6.05. The van der Waals surface area contributed by atoms with Crippen LogP contribution in [0.3, 0.4) is 0 Å². The first-order chi connectivity index (χ1) is 13.1. The minimum absolute atomic E-state index is 0.114. The van der Waals surface area contributed by atoms with Gasteiger partial charge in [0, 0.05) is 30.8 Å². The number of aromatic nitrogens is 2. The van der Waals surface area contributed by atoms with E-state index in [4.69, 9.17) is 0 Å². The third kappa shape index (κ3) is 2.97. The molecule has 0 aliphatic carbocycles. The molecule has 0 saturated heterocycles. The highest BCUT2D eigenvalue weighted by atomic mass is 16.2. The maximum Gasteiger partial charge on any atom is 0.257 e. The molecule has 4 rings (SSSR count). The first kappa shape index (κ1) is 17.3. The van der Waals surface area contributed by atoms with Crippen molar-refractivity contribution in [2.75, 3.05) is 16.8 Å². The predicted octanol–water partition coefficient (Wildman–Crippen LogP) is 3.61. The molecule has 0 spiro atoms. The average Bonchev–Trinajstić information content (AvgIpc) is 3.27. The number of carbonyl (C=O) groups excluding carboxylic acids is 2. The van der Waals surface area contributed by atoms with E-state index < -0.39 is 0 Å². The summed E-state index contributed by atoms with van der Waals surface area (Å²) in [6.07, 6.45) is 1.25. The quantitative estimate of drug-likeness (QED) is 0.771. The zero-order chi connectivity index (χ0) is 19.0. The van der Waals surface area contributed by atoms with E-state index in [2.05, 4.69) is 10.3 Å². The Balaban J connectivity index is 1.61. The van der Waals surface area contributed by atoms with E-state index in [9.17, 15) is 9.59 Å². The molecule has 0 atom stereocenters. The van der Waals surface area contributed by atoms with Crippen LogP contribution in [-0.2, 0) is 17.8 Å². The molecule has 0 bridgehead atoms. The SMILES string of the molecule is CCC(=O)N1CCc2cc(C(=O)Nc3nc4ccccc4n3CC)ccc21. The number of rotatable bonds is 4. The van der Waals surface area contributed by atoms with Gasteiger partial charge in [0.1, 0.15) is 0 Å². The third-order valence-corrected chi connectivity index (χ3v) is 5.04. The van der Waals surface area contributed by atoms with Gasteiger partial charge in [-0.2, -0.15) is 0 Å². The average molecular weight is 362 g/mol. The molecule has 2 amide bonds. The van der Waals surface area contributed by atoms with Crippen LogP contribution in [0, 0.1) is 0 Å². The van der Waals surface area contributed by atoms with Gasteiger partial charge in [-0.05, 0) is 49.2 Å². The molecular formula is C21H22N4O2. The number of hydrogen-bond acceptors (Lipinski definition) is 3. The van der Waals surface area contributed by atoms with E-state index >= 15 is 0 Å². The molecule has 1 N–H and O–H groups in total. The van der Waals surface area contributed by atoms with Gasteiger partial charge in [0.25, 0.3) is 5.91 Å². The van der Waals surface area contributed by atoms with Crippen LogP contribution >= 0.6 is 0 Å². The summed E-state index contributed by atoms with van der Waals surface area (Å²) in [6.45, 7) is 5.29. The third-order valence-electron chi connectivity index (χ3n) is 5.04. The second-order valence-corrected chi connectivity index (χ2v) is 6.61. The summed E-state index contributed by atoms with van der Waals surface area (Å²) >= 11 is 0. The van der Waals surface area contributed by atoms with Gasteiger partial charge in [-0.25, -0.2) is 4.98 Å².